The van der Waals surface area contributed by atoms with Crippen LogP contribution < -0.4 is 0 Å². The molecule has 2 nitrogen and oxygen atoms in total. The van der Waals surface area contributed by atoms with Crippen molar-refractivity contribution >= 4 is 0 Å². The van der Waals surface area contributed by atoms with Gasteiger partial charge in [-0.05, 0) is 33.1 Å². The predicted molar refractivity (Wildman–Crippen MR) is 55.5 cm³/mol. The van der Waals surface area contributed by atoms with E-state index < -0.39 is 5.60 Å². The predicted octanol–water partition coefficient (Wildman–Crippen LogP) is 2.72. The highest BCUT2D eigenvalue weighted by atomic mass is 16.5. The minimum atomic E-state index is -0.547. The molecule has 0 saturated heterocycles. The summed E-state index contributed by atoms with van der Waals surface area (Å²) in [5, 5.41) is 9.47. The summed E-state index contributed by atoms with van der Waals surface area (Å²) < 4.78 is 5.04. The third kappa shape index (κ3) is 6.64. The molecule has 0 aliphatic rings. The van der Waals surface area contributed by atoms with Crippen molar-refractivity contribution < 1.29 is 9.84 Å². The Kier molecular flexibility index (Phi) is 5.07. The van der Waals surface area contributed by atoms with Crippen LogP contribution in [0.2, 0.25) is 0 Å². The van der Waals surface area contributed by atoms with Crippen LogP contribution in [0.5, 0.6) is 0 Å². The van der Waals surface area contributed by atoms with E-state index in [1.165, 1.54) is 0 Å². The van der Waals surface area contributed by atoms with Gasteiger partial charge in [-0.15, -0.1) is 0 Å². The maximum Gasteiger partial charge on any atom is 0.0911 e. The first-order valence-corrected chi connectivity index (χ1v) is 4.82. The molecule has 0 aromatic rings. The molecule has 0 aliphatic carbocycles. The lowest BCUT2D eigenvalue weighted by Gasteiger charge is -2.18. The van der Waals surface area contributed by atoms with Crippen LogP contribution in [0.1, 0.15) is 40.0 Å². The fourth-order valence-electron chi connectivity index (χ4n) is 1.20. The number of ether oxygens (including phenoxy) is 1. The van der Waals surface area contributed by atoms with E-state index in [-0.39, 0.29) is 0 Å². The summed E-state index contributed by atoms with van der Waals surface area (Å²) in [6.45, 7) is 9.57. The molecule has 0 fully saturated rings. The smallest absolute Gasteiger partial charge is 0.0911 e. The van der Waals surface area contributed by atoms with Crippen molar-refractivity contribution in [3.05, 3.63) is 12.3 Å². The monoisotopic (exact) mass is 186 g/mol. The maximum atomic E-state index is 9.47. The van der Waals surface area contributed by atoms with Gasteiger partial charge in [-0.2, -0.15) is 0 Å². The second-order valence-corrected chi connectivity index (χ2v) is 4.28. The normalized spacial score (nSPS) is 13.9. The van der Waals surface area contributed by atoms with Crippen molar-refractivity contribution in [1.82, 2.24) is 0 Å². The SMILES string of the molecule is C=C(OC)C(C)CCCC(C)(C)O. The van der Waals surface area contributed by atoms with Crippen LogP contribution >= 0.6 is 0 Å². The van der Waals surface area contributed by atoms with Crippen molar-refractivity contribution in [2.75, 3.05) is 7.11 Å². The summed E-state index contributed by atoms with van der Waals surface area (Å²) >= 11 is 0. The second-order valence-electron chi connectivity index (χ2n) is 4.28. The summed E-state index contributed by atoms with van der Waals surface area (Å²) in [6.07, 6.45) is 2.86. The fraction of sp³-hybridized carbons (Fsp3) is 0.818. The number of allylic oxidation sites excluding steroid dienone is 1. The summed E-state index contributed by atoms with van der Waals surface area (Å²) in [5.74, 6) is 1.21. The van der Waals surface area contributed by atoms with Crippen molar-refractivity contribution in [2.45, 2.75) is 45.6 Å². The van der Waals surface area contributed by atoms with Crippen molar-refractivity contribution in [3.8, 4) is 0 Å². The average molecular weight is 186 g/mol. The van der Waals surface area contributed by atoms with Gasteiger partial charge >= 0.3 is 0 Å². The number of methoxy groups -OCH3 is 1. The van der Waals surface area contributed by atoms with Crippen molar-refractivity contribution in [2.24, 2.45) is 5.92 Å². The molecular weight excluding hydrogens is 164 g/mol. The highest BCUT2D eigenvalue weighted by molar-refractivity contribution is 4.88. The third-order valence-corrected chi connectivity index (χ3v) is 2.24. The summed E-state index contributed by atoms with van der Waals surface area (Å²) in [7, 11) is 1.65. The Hall–Kier alpha value is -0.500. The molecule has 0 amide bonds. The van der Waals surface area contributed by atoms with Gasteiger partial charge in [0, 0.05) is 5.92 Å². The molecule has 78 valence electrons. The lowest BCUT2D eigenvalue weighted by molar-refractivity contribution is 0.0666. The zero-order valence-corrected chi connectivity index (χ0v) is 9.26. The van der Waals surface area contributed by atoms with Crippen LogP contribution in [-0.2, 0) is 4.74 Å². The van der Waals surface area contributed by atoms with E-state index in [0.717, 1.165) is 25.0 Å². The molecule has 2 heteroatoms. The van der Waals surface area contributed by atoms with E-state index in [1.807, 2.05) is 13.8 Å². The molecule has 0 heterocycles. The molecule has 0 saturated carbocycles. The Morgan fingerprint density at radius 1 is 1.54 bits per heavy atom. The molecule has 13 heavy (non-hydrogen) atoms. The first-order valence-electron chi connectivity index (χ1n) is 4.82. The van der Waals surface area contributed by atoms with Crippen molar-refractivity contribution in [1.29, 1.82) is 0 Å². The summed E-state index contributed by atoms with van der Waals surface area (Å²) in [6, 6.07) is 0. The van der Waals surface area contributed by atoms with Gasteiger partial charge in [0.05, 0.1) is 18.5 Å². The fourth-order valence-corrected chi connectivity index (χ4v) is 1.20. The Balaban J connectivity index is 3.59. The number of rotatable bonds is 6. The Bertz CT molecular complexity index is 156. The van der Waals surface area contributed by atoms with E-state index in [2.05, 4.69) is 13.5 Å². The minimum absolute atomic E-state index is 0.382. The van der Waals surface area contributed by atoms with Gasteiger partial charge in [0.1, 0.15) is 0 Å². The van der Waals surface area contributed by atoms with Gasteiger partial charge in [-0.3, -0.25) is 0 Å². The maximum absolute atomic E-state index is 9.47. The van der Waals surface area contributed by atoms with Crippen LogP contribution in [0.3, 0.4) is 0 Å². The topological polar surface area (TPSA) is 29.5 Å². The van der Waals surface area contributed by atoms with Gasteiger partial charge in [-0.1, -0.05) is 13.5 Å². The van der Waals surface area contributed by atoms with Gasteiger partial charge in [0.2, 0.25) is 0 Å². The molecule has 1 unspecified atom stereocenters. The standard InChI is InChI=1S/C11H22O2/c1-9(10(2)13-5)7-6-8-11(3,4)12/h9,12H,2,6-8H2,1,3-5H3. The highest BCUT2D eigenvalue weighted by Crippen LogP contribution is 2.19. The minimum Gasteiger partial charge on any atom is -0.501 e. The van der Waals surface area contributed by atoms with E-state index >= 15 is 0 Å². The second kappa shape index (κ2) is 5.28. The first-order chi connectivity index (χ1) is 5.87. The molecule has 1 atom stereocenters. The molecule has 0 aliphatic heterocycles. The molecule has 0 aromatic heterocycles. The highest BCUT2D eigenvalue weighted by Gasteiger charge is 2.13. The zero-order chi connectivity index (χ0) is 10.5. The van der Waals surface area contributed by atoms with Gasteiger partial charge < -0.3 is 9.84 Å². The Morgan fingerprint density at radius 2 is 2.08 bits per heavy atom. The average Bonchev–Trinajstić information content (AvgIpc) is 2.00. The molecule has 0 radical (unpaired) electrons. The van der Waals surface area contributed by atoms with Crippen LogP contribution in [0.25, 0.3) is 0 Å². The summed E-state index contributed by atoms with van der Waals surface area (Å²) in [4.78, 5) is 0. The number of aliphatic hydroxyl groups is 1. The van der Waals surface area contributed by atoms with Crippen LogP contribution in [-0.4, -0.2) is 17.8 Å². The van der Waals surface area contributed by atoms with E-state index in [0.29, 0.717) is 5.92 Å². The van der Waals surface area contributed by atoms with Crippen LogP contribution in [0.15, 0.2) is 12.3 Å². The van der Waals surface area contributed by atoms with Gasteiger partial charge in [0.25, 0.3) is 0 Å². The largest absolute Gasteiger partial charge is 0.501 e. The van der Waals surface area contributed by atoms with E-state index in [9.17, 15) is 5.11 Å². The van der Waals surface area contributed by atoms with Gasteiger partial charge in [-0.25, -0.2) is 0 Å². The quantitative estimate of drug-likeness (QED) is 0.646. The number of hydrogen-bond acceptors (Lipinski definition) is 2. The molecular formula is C11H22O2. The molecule has 0 aromatic carbocycles. The molecule has 0 spiro atoms. The van der Waals surface area contributed by atoms with Crippen LogP contribution in [0.4, 0.5) is 0 Å². The Labute approximate surface area is 81.6 Å². The van der Waals surface area contributed by atoms with E-state index in [4.69, 9.17) is 4.74 Å². The molecule has 1 N–H and O–H groups in total. The van der Waals surface area contributed by atoms with Crippen LogP contribution in [0, 0.1) is 5.92 Å². The number of hydrogen-bond donors (Lipinski definition) is 1. The molecule has 0 bridgehead atoms. The van der Waals surface area contributed by atoms with Crippen molar-refractivity contribution in [3.63, 3.8) is 0 Å². The van der Waals surface area contributed by atoms with E-state index in [1.54, 1.807) is 7.11 Å². The molecule has 0 rings (SSSR count). The lowest BCUT2D eigenvalue weighted by atomic mass is 9.96. The first kappa shape index (κ1) is 12.5. The summed E-state index contributed by atoms with van der Waals surface area (Å²) in [5.41, 5.74) is -0.547. The zero-order valence-electron chi connectivity index (χ0n) is 9.26. The van der Waals surface area contributed by atoms with Gasteiger partial charge in [0.15, 0.2) is 0 Å². The Morgan fingerprint density at radius 3 is 2.46 bits per heavy atom. The lowest BCUT2D eigenvalue weighted by Crippen LogP contribution is -2.18. The third-order valence-electron chi connectivity index (χ3n) is 2.24.